The maximum absolute atomic E-state index is 10.1. The van der Waals surface area contributed by atoms with Crippen LogP contribution in [0.4, 0.5) is 0 Å². The van der Waals surface area contributed by atoms with Gasteiger partial charge in [0.15, 0.2) is 0 Å². The predicted molar refractivity (Wildman–Crippen MR) is 90.6 cm³/mol. The maximum atomic E-state index is 10.1. The van der Waals surface area contributed by atoms with Gasteiger partial charge in [0.2, 0.25) is 0 Å². The molecule has 2 rings (SSSR count). The van der Waals surface area contributed by atoms with Crippen molar-refractivity contribution >= 4 is 11.6 Å². The molecular weight excluding hydrogens is 298 g/mol. The maximum Gasteiger partial charge on any atom is 0.119 e. The van der Waals surface area contributed by atoms with Gasteiger partial charge in [-0.1, -0.05) is 42.8 Å². The Morgan fingerprint density at radius 2 is 1.95 bits per heavy atom. The smallest absolute Gasteiger partial charge is 0.119 e. The van der Waals surface area contributed by atoms with Crippen LogP contribution in [0.3, 0.4) is 0 Å². The number of aryl methyl sites for hydroxylation is 1. The topological polar surface area (TPSA) is 41.5 Å². The summed E-state index contributed by atoms with van der Waals surface area (Å²) >= 11 is 5.91. The third-order valence-electron chi connectivity index (χ3n) is 3.45. The summed E-state index contributed by atoms with van der Waals surface area (Å²) in [7, 11) is 0. The molecule has 2 aromatic rings. The van der Waals surface area contributed by atoms with E-state index in [1.807, 2.05) is 24.3 Å². The molecule has 0 heterocycles. The number of hydrogen-bond acceptors (Lipinski definition) is 3. The summed E-state index contributed by atoms with van der Waals surface area (Å²) in [6, 6.07) is 15.4. The van der Waals surface area contributed by atoms with Crippen molar-refractivity contribution in [3.63, 3.8) is 0 Å². The van der Waals surface area contributed by atoms with Crippen molar-refractivity contribution in [3.8, 4) is 5.75 Å². The quantitative estimate of drug-likeness (QED) is 0.730. The number of aliphatic hydroxyl groups is 1. The first-order valence-electron chi connectivity index (χ1n) is 7.55. The number of rotatable bonds is 8. The lowest BCUT2D eigenvalue weighted by Gasteiger charge is -2.13. The molecular formula is C18H22ClNO2. The molecule has 0 saturated heterocycles. The van der Waals surface area contributed by atoms with Crippen LogP contribution < -0.4 is 10.1 Å². The van der Waals surface area contributed by atoms with Gasteiger partial charge in [-0.05, 0) is 41.8 Å². The number of ether oxygens (including phenoxy) is 1. The minimum Gasteiger partial charge on any atom is -0.492 e. The fourth-order valence-corrected chi connectivity index (χ4v) is 2.33. The fourth-order valence-electron chi connectivity index (χ4n) is 2.13. The van der Waals surface area contributed by atoms with Gasteiger partial charge in [-0.2, -0.15) is 0 Å². The van der Waals surface area contributed by atoms with E-state index in [1.54, 1.807) is 12.1 Å². The monoisotopic (exact) mass is 319 g/mol. The SMILES string of the molecule is CCc1ccc(OCCNCC(O)c2cccc(Cl)c2)cc1. The summed E-state index contributed by atoms with van der Waals surface area (Å²) in [5.41, 5.74) is 2.12. The Labute approximate surface area is 136 Å². The van der Waals surface area contributed by atoms with Crippen LogP contribution in [-0.2, 0) is 6.42 Å². The molecule has 0 aromatic heterocycles. The van der Waals surface area contributed by atoms with Crippen molar-refractivity contribution < 1.29 is 9.84 Å². The van der Waals surface area contributed by atoms with Crippen LogP contribution in [0.1, 0.15) is 24.2 Å². The molecule has 1 atom stereocenters. The molecule has 4 heteroatoms. The minimum atomic E-state index is -0.567. The molecule has 118 valence electrons. The van der Waals surface area contributed by atoms with Gasteiger partial charge in [0.25, 0.3) is 0 Å². The highest BCUT2D eigenvalue weighted by molar-refractivity contribution is 6.30. The fraction of sp³-hybridized carbons (Fsp3) is 0.333. The van der Waals surface area contributed by atoms with Gasteiger partial charge in [0.1, 0.15) is 12.4 Å². The highest BCUT2D eigenvalue weighted by Crippen LogP contribution is 2.17. The molecule has 0 radical (unpaired) electrons. The molecule has 22 heavy (non-hydrogen) atoms. The summed E-state index contributed by atoms with van der Waals surface area (Å²) in [4.78, 5) is 0. The van der Waals surface area contributed by atoms with Crippen molar-refractivity contribution in [2.45, 2.75) is 19.4 Å². The second kappa shape index (κ2) is 8.79. The molecule has 2 aromatic carbocycles. The van der Waals surface area contributed by atoms with Gasteiger partial charge in [0, 0.05) is 18.1 Å². The Morgan fingerprint density at radius 1 is 1.18 bits per heavy atom. The van der Waals surface area contributed by atoms with Gasteiger partial charge >= 0.3 is 0 Å². The molecule has 0 amide bonds. The van der Waals surface area contributed by atoms with E-state index in [4.69, 9.17) is 16.3 Å². The minimum absolute atomic E-state index is 0.471. The van der Waals surface area contributed by atoms with Crippen LogP contribution in [0.25, 0.3) is 0 Å². The van der Waals surface area contributed by atoms with E-state index in [0.717, 1.165) is 17.7 Å². The summed E-state index contributed by atoms with van der Waals surface area (Å²) < 4.78 is 5.65. The van der Waals surface area contributed by atoms with Crippen LogP contribution >= 0.6 is 11.6 Å². The summed E-state index contributed by atoms with van der Waals surface area (Å²) in [6.45, 7) is 3.84. The van der Waals surface area contributed by atoms with E-state index in [1.165, 1.54) is 5.56 Å². The second-order valence-corrected chi connectivity index (χ2v) is 5.56. The molecule has 0 aliphatic carbocycles. The third-order valence-corrected chi connectivity index (χ3v) is 3.69. The number of nitrogens with one attached hydrogen (secondary N) is 1. The third kappa shape index (κ3) is 5.34. The Kier molecular flexibility index (Phi) is 6.72. The zero-order valence-electron chi connectivity index (χ0n) is 12.8. The standard InChI is InChI=1S/C18H22ClNO2/c1-2-14-6-8-17(9-7-14)22-11-10-20-13-18(21)15-4-3-5-16(19)12-15/h3-9,12,18,20-21H,2,10-11,13H2,1H3. The number of aliphatic hydroxyl groups excluding tert-OH is 1. The van der Waals surface area contributed by atoms with Crippen molar-refractivity contribution in [3.05, 3.63) is 64.7 Å². The van der Waals surface area contributed by atoms with Gasteiger partial charge in [-0.15, -0.1) is 0 Å². The lowest BCUT2D eigenvalue weighted by atomic mass is 10.1. The number of benzene rings is 2. The van der Waals surface area contributed by atoms with E-state index in [-0.39, 0.29) is 0 Å². The Balaban J connectivity index is 1.66. The van der Waals surface area contributed by atoms with Gasteiger partial charge in [0.05, 0.1) is 6.10 Å². The van der Waals surface area contributed by atoms with Crippen molar-refractivity contribution in [2.24, 2.45) is 0 Å². The molecule has 2 N–H and O–H groups in total. The zero-order valence-corrected chi connectivity index (χ0v) is 13.5. The van der Waals surface area contributed by atoms with Crippen LogP contribution in [-0.4, -0.2) is 24.8 Å². The van der Waals surface area contributed by atoms with Gasteiger partial charge in [-0.25, -0.2) is 0 Å². The number of hydrogen-bond donors (Lipinski definition) is 2. The lowest BCUT2D eigenvalue weighted by molar-refractivity contribution is 0.172. The van der Waals surface area contributed by atoms with E-state index >= 15 is 0 Å². The second-order valence-electron chi connectivity index (χ2n) is 5.12. The largest absolute Gasteiger partial charge is 0.492 e. The van der Waals surface area contributed by atoms with Crippen molar-refractivity contribution in [1.29, 1.82) is 0 Å². The normalized spacial score (nSPS) is 12.1. The highest BCUT2D eigenvalue weighted by atomic mass is 35.5. The summed E-state index contributed by atoms with van der Waals surface area (Å²) in [5.74, 6) is 0.870. The first-order chi connectivity index (χ1) is 10.7. The Hall–Kier alpha value is -1.55. The van der Waals surface area contributed by atoms with Gasteiger partial charge in [-0.3, -0.25) is 0 Å². The van der Waals surface area contributed by atoms with E-state index < -0.39 is 6.10 Å². The van der Waals surface area contributed by atoms with E-state index in [0.29, 0.717) is 24.7 Å². The predicted octanol–water partition coefficient (Wildman–Crippen LogP) is 3.60. The summed E-state index contributed by atoms with van der Waals surface area (Å²) in [6.07, 6.45) is 0.464. The molecule has 0 bridgehead atoms. The average Bonchev–Trinajstić information content (AvgIpc) is 2.55. The molecule has 1 unspecified atom stereocenters. The number of halogens is 1. The zero-order chi connectivity index (χ0) is 15.8. The van der Waals surface area contributed by atoms with Crippen LogP contribution in [0.5, 0.6) is 5.75 Å². The highest BCUT2D eigenvalue weighted by Gasteiger charge is 2.07. The molecule has 0 spiro atoms. The van der Waals surface area contributed by atoms with Gasteiger partial charge < -0.3 is 15.2 Å². The molecule has 0 fully saturated rings. The van der Waals surface area contributed by atoms with E-state index in [2.05, 4.69) is 24.4 Å². The first-order valence-corrected chi connectivity index (χ1v) is 7.93. The summed E-state index contributed by atoms with van der Waals surface area (Å²) in [5, 5.41) is 13.9. The molecule has 0 aliphatic heterocycles. The van der Waals surface area contributed by atoms with E-state index in [9.17, 15) is 5.11 Å². The lowest BCUT2D eigenvalue weighted by Crippen LogP contribution is -2.26. The molecule has 0 aliphatic rings. The molecule has 0 saturated carbocycles. The van der Waals surface area contributed by atoms with Crippen molar-refractivity contribution in [1.82, 2.24) is 5.32 Å². The van der Waals surface area contributed by atoms with Crippen molar-refractivity contribution in [2.75, 3.05) is 19.7 Å². The first kappa shape index (κ1) is 16.8. The average molecular weight is 320 g/mol. The van der Waals surface area contributed by atoms with Crippen LogP contribution in [0.15, 0.2) is 48.5 Å². The van der Waals surface area contributed by atoms with Crippen LogP contribution in [0.2, 0.25) is 5.02 Å². The van der Waals surface area contributed by atoms with Crippen LogP contribution in [0, 0.1) is 0 Å². The Morgan fingerprint density at radius 3 is 2.64 bits per heavy atom. The Bertz CT molecular complexity index is 572. The molecule has 3 nitrogen and oxygen atoms in total.